The summed E-state index contributed by atoms with van der Waals surface area (Å²) in [6.07, 6.45) is 4.20. The lowest BCUT2D eigenvalue weighted by molar-refractivity contribution is -0.120. The first kappa shape index (κ1) is 18.5. The maximum Gasteiger partial charge on any atom is 0.275 e. The van der Waals surface area contributed by atoms with Crippen LogP contribution in [-0.2, 0) is 11.3 Å². The standard InChI is InChI=1S/C19H17FN6O3/c1-25-14-5-2-3-6-15(14)29-11-13(19(25)28)23-18(27)17-12(20)9-26(24-17)10-16-21-7-4-8-22-16/h2-9,13H,10-11H2,1H3,(H,23,27). The normalized spacial score (nSPS) is 16.0. The smallest absolute Gasteiger partial charge is 0.275 e. The number of amides is 2. The van der Waals surface area contributed by atoms with Gasteiger partial charge in [0.05, 0.1) is 11.9 Å². The van der Waals surface area contributed by atoms with Gasteiger partial charge in [-0.25, -0.2) is 14.4 Å². The summed E-state index contributed by atoms with van der Waals surface area (Å²) in [6.45, 7) is 0.0284. The molecule has 0 bridgehead atoms. The first-order chi connectivity index (χ1) is 14.0. The molecule has 1 atom stereocenters. The minimum atomic E-state index is -0.984. The van der Waals surface area contributed by atoms with Gasteiger partial charge in [0.2, 0.25) is 0 Å². The summed E-state index contributed by atoms with van der Waals surface area (Å²) < 4.78 is 21.1. The second-order valence-corrected chi connectivity index (χ2v) is 6.39. The number of para-hydroxylation sites is 2. The van der Waals surface area contributed by atoms with E-state index in [2.05, 4.69) is 20.4 Å². The van der Waals surface area contributed by atoms with Crippen LogP contribution in [0.25, 0.3) is 0 Å². The van der Waals surface area contributed by atoms with Crippen molar-refractivity contribution in [2.75, 3.05) is 18.6 Å². The number of anilines is 1. The highest BCUT2D eigenvalue weighted by molar-refractivity contribution is 6.02. The summed E-state index contributed by atoms with van der Waals surface area (Å²) in [5.41, 5.74) is 0.172. The zero-order valence-corrected chi connectivity index (χ0v) is 15.4. The van der Waals surface area contributed by atoms with Gasteiger partial charge in [0.15, 0.2) is 11.5 Å². The number of halogens is 1. The van der Waals surface area contributed by atoms with E-state index in [0.717, 1.165) is 6.20 Å². The monoisotopic (exact) mass is 396 g/mol. The van der Waals surface area contributed by atoms with Crippen LogP contribution in [0, 0.1) is 5.82 Å². The quantitative estimate of drug-likeness (QED) is 0.706. The van der Waals surface area contributed by atoms with E-state index in [-0.39, 0.29) is 19.1 Å². The van der Waals surface area contributed by atoms with E-state index >= 15 is 0 Å². The molecule has 29 heavy (non-hydrogen) atoms. The van der Waals surface area contributed by atoms with Gasteiger partial charge in [0.1, 0.15) is 30.8 Å². The zero-order valence-electron chi connectivity index (χ0n) is 15.4. The number of likely N-dealkylation sites (N-methyl/N-ethyl adjacent to an activating group) is 1. The van der Waals surface area contributed by atoms with Gasteiger partial charge in [-0.15, -0.1) is 0 Å². The van der Waals surface area contributed by atoms with E-state index in [1.807, 2.05) is 0 Å². The predicted octanol–water partition coefficient (Wildman–Crippen LogP) is 1.01. The lowest BCUT2D eigenvalue weighted by Gasteiger charge is -2.20. The van der Waals surface area contributed by atoms with Crippen LogP contribution >= 0.6 is 0 Å². The largest absolute Gasteiger partial charge is 0.489 e. The third-order valence-corrected chi connectivity index (χ3v) is 4.42. The van der Waals surface area contributed by atoms with Crippen LogP contribution in [0.3, 0.4) is 0 Å². The molecule has 1 aliphatic rings. The van der Waals surface area contributed by atoms with E-state index in [0.29, 0.717) is 17.3 Å². The van der Waals surface area contributed by atoms with E-state index in [1.165, 1.54) is 9.58 Å². The van der Waals surface area contributed by atoms with Crippen molar-refractivity contribution in [2.24, 2.45) is 0 Å². The molecule has 0 radical (unpaired) electrons. The topological polar surface area (TPSA) is 102 Å². The molecule has 0 saturated carbocycles. The number of benzene rings is 1. The number of carbonyl (C=O) groups is 2. The molecule has 3 heterocycles. The molecule has 4 rings (SSSR count). The lowest BCUT2D eigenvalue weighted by Crippen LogP contribution is -2.49. The highest BCUT2D eigenvalue weighted by Crippen LogP contribution is 2.29. The first-order valence-corrected chi connectivity index (χ1v) is 8.82. The number of aromatic nitrogens is 4. The zero-order chi connectivity index (χ0) is 20.4. The molecule has 148 valence electrons. The number of ether oxygens (including phenoxy) is 1. The summed E-state index contributed by atoms with van der Waals surface area (Å²) in [5.74, 6) is -1.04. The minimum Gasteiger partial charge on any atom is -0.489 e. The maximum absolute atomic E-state index is 14.3. The van der Waals surface area contributed by atoms with Crippen molar-refractivity contribution in [1.82, 2.24) is 25.1 Å². The summed E-state index contributed by atoms with van der Waals surface area (Å²) in [4.78, 5) is 34.7. The third kappa shape index (κ3) is 3.77. The second kappa shape index (κ2) is 7.66. The number of hydrogen-bond donors (Lipinski definition) is 1. The fourth-order valence-corrected chi connectivity index (χ4v) is 2.97. The lowest BCUT2D eigenvalue weighted by atomic mass is 10.2. The molecular weight excluding hydrogens is 379 g/mol. The van der Waals surface area contributed by atoms with Gasteiger partial charge >= 0.3 is 0 Å². The Labute approximate surface area is 165 Å². The van der Waals surface area contributed by atoms with Crippen LogP contribution in [0.5, 0.6) is 5.75 Å². The number of hydrogen-bond acceptors (Lipinski definition) is 6. The molecular formula is C19H17FN6O3. The molecule has 1 aromatic carbocycles. The Morgan fingerprint density at radius 3 is 2.83 bits per heavy atom. The molecule has 0 aliphatic carbocycles. The highest BCUT2D eigenvalue weighted by Gasteiger charge is 2.31. The van der Waals surface area contributed by atoms with E-state index in [1.54, 1.807) is 49.8 Å². The molecule has 0 fully saturated rings. The average molecular weight is 396 g/mol. The Balaban J connectivity index is 1.49. The number of nitrogens with zero attached hydrogens (tertiary/aromatic N) is 5. The summed E-state index contributed by atoms with van der Waals surface area (Å²) >= 11 is 0. The Morgan fingerprint density at radius 2 is 2.03 bits per heavy atom. The van der Waals surface area contributed by atoms with Crippen LogP contribution in [0.1, 0.15) is 16.3 Å². The Kier molecular flexibility index (Phi) is 4.90. The number of nitrogens with one attached hydrogen (secondary N) is 1. The van der Waals surface area contributed by atoms with Gasteiger partial charge in [-0.05, 0) is 18.2 Å². The van der Waals surface area contributed by atoms with Crippen LogP contribution in [0.4, 0.5) is 10.1 Å². The van der Waals surface area contributed by atoms with Crippen LogP contribution in [-0.4, -0.2) is 51.3 Å². The van der Waals surface area contributed by atoms with Crippen molar-refractivity contribution in [2.45, 2.75) is 12.6 Å². The van der Waals surface area contributed by atoms with Gasteiger partial charge < -0.3 is 15.0 Å². The van der Waals surface area contributed by atoms with Gasteiger partial charge in [0, 0.05) is 19.4 Å². The van der Waals surface area contributed by atoms with Gasteiger partial charge in [-0.2, -0.15) is 5.10 Å². The van der Waals surface area contributed by atoms with Gasteiger partial charge in [-0.1, -0.05) is 12.1 Å². The van der Waals surface area contributed by atoms with Crippen molar-refractivity contribution in [1.29, 1.82) is 0 Å². The highest BCUT2D eigenvalue weighted by atomic mass is 19.1. The number of carbonyl (C=O) groups excluding carboxylic acids is 2. The molecule has 9 nitrogen and oxygen atoms in total. The molecule has 1 aliphatic heterocycles. The summed E-state index contributed by atoms with van der Waals surface area (Å²) in [5, 5.41) is 6.47. The van der Waals surface area contributed by atoms with E-state index in [4.69, 9.17) is 4.74 Å². The van der Waals surface area contributed by atoms with Crippen molar-refractivity contribution in [3.05, 3.63) is 66.3 Å². The Bertz CT molecular complexity index is 1060. The molecule has 1 N–H and O–H groups in total. The molecule has 0 spiro atoms. The van der Waals surface area contributed by atoms with Gasteiger partial charge in [0.25, 0.3) is 11.8 Å². The third-order valence-electron chi connectivity index (χ3n) is 4.42. The second-order valence-electron chi connectivity index (χ2n) is 6.39. The van der Waals surface area contributed by atoms with Crippen LogP contribution in [0.15, 0.2) is 48.9 Å². The maximum atomic E-state index is 14.3. The number of rotatable bonds is 4. The molecule has 0 saturated heterocycles. The Hall–Kier alpha value is -3.82. The molecule has 10 heteroatoms. The van der Waals surface area contributed by atoms with Crippen molar-refractivity contribution >= 4 is 17.5 Å². The fraction of sp³-hybridized carbons (Fsp3) is 0.211. The van der Waals surface area contributed by atoms with Crippen molar-refractivity contribution < 1.29 is 18.7 Å². The molecule has 2 amide bonds. The van der Waals surface area contributed by atoms with E-state index in [9.17, 15) is 14.0 Å². The van der Waals surface area contributed by atoms with Crippen molar-refractivity contribution in [3.8, 4) is 5.75 Å². The molecule has 2 aromatic heterocycles. The summed E-state index contributed by atoms with van der Waals surface area (Å²) in [7, 11) is 1.59. The average Bonchev–Trinajstić information content (AvgIpc) is 3.05. The molecule has 3 aromatic rings. The predicted molar refractivity (Wildman–Crippen MR) is 99.9 cm³/mol. The number of fused-ring (bicyclic) bond motifs is 1. The van der Waals surface area contributed by atoms with Crippen LogP contribution in [0.2, 0.25) is 0 Å². The first-order valence-electron chi connectivity index (χ1n) is 8.82. The van der Waals surface area contributed by atoms with Gasteiger partial charge in [-0.3, -0.25) is 14.3 Å². The van der Waals surface area contributed by atoms with Crippen LogP contribution < -0.4 is 15.0 Å². The van der Waals surface area contributed by atoms with E-state index < -0.39 is 23.5 Å². The summed E-state index contributed by atoms with van der Waals surface area (Å²) in [6, 6.07) is 7.72. The fourth-order valence-electron chi connectivity index (χ4n) is 2.97. The minimum absolute atomic E-state index is 0.0773. The Morgan fingerprint density at radius 1 is 1.28 bits per heavy atom. The van der Waals surface area contributed by atoms with Crippen molar-refractivity contribution in [3.63, 3.8) is 0 Å². The SMILES string of the molecule is CN1C(=O)C(NC(=O)c2nn(Cc3ncccn3)cc2F)COc2ccccc21. The molecule has 1 unspecified atom stereocenters.